The summed E-state index contributed by atoms with van der Waals surface area (Å²) in [5.41, 5.74) is 1.81. The first-order valence-corrected chi connectivity index (χ1v) is 13.7. The first-order chi connectivity index (χ1) is 17.7. The Bertz CT molecular complexity index is 1570. The number of nitrogens with one attached hydrogen (secondary N) is 2. The molecule has 1 heterocycles. The first kappa shape index (κ1) is 26.4. The maximum absolute atomic E-state index is 13.4. The largest absolute Gasteiger partial charge is 0.351 e. The van der Waals surface area contributed by atoms with Gasteiger partial charge < -0.3 is 9.88 Å². The quantitative estimate of drug-likeness (QED) is 0.312. The van der Waals surface area contributed by atoms with Crippen LogP contribution in [0.4, 0.5) is 0 Å². The van der Waals surface area contributed by atoms with Crippen LogP contribution >= 0.6 is 11.6 Å². The van der Waals surface area contributed by atoms with Gasteiger partial charge in [-0.2, -0.15) is 9.98 Å². The average molecular weight is 535 g/mol. The fourth-order valence-electron chi connectivity index (χ4n) is 4.49. The Labute approximate surface area is 221 Å². The lowest BCUT2D eigenvalue weighted by molar-refractivity contribution is -0.123. The fourth-order valence-corrected chi connectivity index (χ4v) is 6.53. The summed E-state index contributed by atoms with van der Waals surface area (Å²) in [6.07, 6.45) is 1.86. The van der Waals surface area contributed by atoms with Gasteiger partial charge in [0.05, 0.1) is 5.02 Å². The van der Waals surface area contributed by atoms with Crippen LogP contribution < -0.4 is 10.0 Å². The maximum atomic E-state index is 13.4. The summed E-state index contributed by atoms with van der Waals surface area (Å²) in [6, 6.07) is 22.6. The second-order valence-electron chi connectivity index (χ2n) is 8.91. The van der Waals surface area contributed by atoms with Gasteiger partial charge in [-0.1, -0.05) is 66.2 Å². The zero-order valence-corrected chi connectivity index (χ0v) is 22.1. The monoisotopic (exact) mass is 534 g/mol. The van der Waals surface area contributed by atoms with Crippen molar-refractivity contribution in [3.63, 3.8) is 0 Å². The number of carbonyl (C=O) groups excluding carboxylic acids is 1. The van der Waals surface area contributed by atoms with Crippen molar-refractivity contribution in [3.05, 3.63) is 101 Å². The molecule has 2 unspecified atom stereocenters. The van der Waals surface area contributed by atoms with Crippen molar-refractivity contribution in [3.8, 4) is 6.07 Å². The normalized spacial score (nSPS) is 13.1. The minimum absolute atomic E-state index is 0.0603. The standard InChI is InChI=1S/C28H27ClN4O3S/c1-19-8-5-14-25(29)27(19)37(35,36)32-26(16-20(2)33-15-7-12-23(33)17-30)28(34)31-18-22-11-6-10-21-9-3-4-13-24(21)22/h3-15,20,26,32H,16,18H2,1-2H3,(H,31,34). The van der Waals surface area contributed by atoms with E-state index in [0.717, 1.165) is 16.3 Å². The van der Waals surface area contributed by atoms with E-state index >= 15 is 0 Å². The number of benzene rings is 3. The SMILES string of the molecule is Cc1cccc(Cl)c1S(=O)(=O)NC(CC(C)n1cccc1C#N)C(=O)NCc1cccc2ccccc12. The highest BCUT2D eigenvalue weighted by atomic mass is 35.5. The number of fused-ring (bicyclic) bond motifs is 1. The summed E-state index contributed by atoms with van der Waals surface area (Å²) in [5, 5.41) is 14.4. The van der Waals surface area contributed by atoms with Crippen molar-refractivity contribution < 1.29 is 13.2 Å². The van der Waals surface area contributed by atoms with Gasteiger partial charge in [-0.3, -0.25) is 4.79 Å². The Balaban J connectivity index is 1.62. The van der Waals surface area contributed by atoms with Crippen molar-refractivity contribution in [2.24, 2.45) is 0 Å². The third-order valence-corrected chi connectivity index (χ3v) is 8.43. The highest BCUT2D eigenvalue weighted by molar-refractivity contribution is 7.89. The molecule has 2 N–H and O–H groups in total. The third-order valence-electron chi connectivity index (χ3n) is 6.32. The van der Waals surface area contributed by atoms with E-state index < -0.39 is 22.0 Å². The van der Waals surface area contributed by atoms with Crippen LogP contribution in [-0.2, 0) is 21.4 Å². The Morgan fingerprint density at radius 1 is 1.05 bits per heavy atom. The van der Waals surface area contributed by atoms with Gasteiger partial charge in [-0.05, 0) is 60.4 Å². The van der Waals surface area contributed by atoms with Crippen LogP contribution in [0, 0.1) is 18.3 Å². The molecule has 3 aromatic carbocycles. The molecule has 0 aliphatic heterocycles. The number of amides is 1. The van der Waals surface area contributed by atoms with E-state index in [2.05, 4.69) is 16.1 Å². The molecule has 37 heavy (non-hydrogen) atoms. The van der Waals surface area contributed by atoms with Crippen molar-refractivity contribution in [1.29, 1.82) is 5.26 Å². The number of halogens is 1. The van der Waals surface area contributed by atoms with Crippen LogP contribution in [-0.4, -0.2) is 24.9 Å². The molecule has 4 aromatic rings. The van der Waals surface area contributed by atoms with Gasteiger partial charge in [-0.15, -0.1) is 0 Å². The Morgan fingerprint density at radius 3 is 2.54 bits per heavy atom. The molecule has 7 nitrogen and oxygen atoms in total. The molecule has 0 bridgehead atoms. The van der Waals surface area contributed by atoms with Gasteiger partial charge in [0, 0.05) is 18.8 Å². The number of sulfonamides is 1. The summed E-state index contributed by atoms with van der Waals surface area (Å²) in [4.78, 5) is 13.4. The first-order valence-electron chi connectivity index (χ1n) is 11.8. The van der Waals surface area contributed by atoms with Crippen LogP contribution in [0.1, 0.15) is 36.2 Å². The van der Waals surface area contributed by atoms with Crippen LogP contribution in [0.15, 0.2) is 83.9 Å². The predicted octanol–water partition coefficient (Wildman–Crippen LogP) is 5.09. The highest BCUT2D eigenvalue weighted by Crippen LogP contribution is 2.26. The molecule has 0 aliphatic carbocycles. The van der Waals surface area contributed by atoms with E-state index in [4.69, 9.17) is 11.6 Å². The molecule has 0 aliphatic rings. The Hall–Kier alpha value is -3.64. The zero-order chi connectivity index (χ0) is 26.6. The molecule has 2 atom stereocenters. The van der Waals surface area contributed by atoms with E-state index in [9.17, 15) is 18.5 Å². The molecule has 1 aromatic heterocycles. The molecule has 190 valence electrons. The number of hydrogen-bond donors (Lipinski definition) is 2. The zero-order valence-electron chi connectivity index (χ0n) is 20.5. The lowest BCUT2D eigenvalue weighted by Gasteiger charge is -2.24. The highest BCUT2D eigenvalue weighted by Gasteiger charge is 2.30. The van der Waals surface area contributed by atoms with Crippen molar-refractivity contribution in [1.82, 2.24) is 14.6 Å². The molecule has 0 saturated carbocycles. The number of rotatable bonds is 9. The van der Waals surface area contributed by atoms with Crippen molar-refractivity contribution in [2.75, 3.05) is 0 Å². The summed E-state index contributed by atoms with van der Waals surface area (Å²) in [6.45, 7) is 3.71. The summed E-state index contributed by atoms with van der Waals surface area (Å²) in [5.74, 6) is -0.473. The van der Waals surface area contributed by atoms with E-state index in [1.54, 1.807) is 42.0 Å². The van der Waals surface area contributed by atoms with Crippen LogP contribution in [0.25, 0.3) is 10.8 Å². The molecular formula is C28H27ClN4O3S. The minimum atomic E-state index is -4.13. The average Bonchev–Trinajstić information content (AvgIpc) is 3.35. The third kappa shape index (κ3) is 5.86. The van der Waals surface area contributed by atoms with Crippen LogP contribution in [0.2, 0.25) is 5.02 Å². The fraction of sp³-hybridized carbons (Fsp3) is 0.214. The second kappa shape index (κ2) is 11.2. The smallest absolute Gasteiger partial charge is 0.243 e. The van der Waals surface area contributed by atoms with Gasteiger partial charge >= 0.3 is 0 Å². The molecule has 9 heteroatoms. The van der Waals surface area contributed by atoms with Crippen LogP contribution in [0.5, 0.6) is 0 Å². The van der Waals surface area contributed by atoms with E-state index in [1.807, 2.05) is 49.4 Å². The molecule has 4 rings (SSSR count). The molecule has 1 amide bonds. The molecule has 0 spiro atoms. The Kier molecular flexibility index (Phi) is 7.98. The van der Waals surface area contributed by atoms with Gasteiger partial charge in [-0.25, -0.2) is 8.42 Å². The number of carbonyl (C=O) groups is 1. The van der Waals surface area contributed by atoms with Gasteiger partial charge in [0.15, 0.2) is 0 Å². The summed E-state index contributed by atoms with van der Waals surface area (Å²) < 4.78 is 31.1. The molecule has 0 radical (unpaired) electrons. The van der Waals surface area contributed by atoms with Gasteiger partial charge in [0.2, 0.25) is 15.9 Å². The summed E-state index contributed by atoms with van der Waals surface area (Å²) >= 11 is 6.24. The van der Waals surface area contributed by atoms with Crippen LogP contribution in [0.3, 0.4) is 0 Å². The number of aromatic nitrogens is 1. The van der Waals surface area contributed by atoms with E-state index in [-0.39, 0.29) is 28.9 Å². The number of nitriles is 1. The lowest BCUT2D eigenvalue weighted by atomic mass is 10.0. The van der Waals surface area contributed by atoms with Gasteiger partial charge in [0.1, 0.15) is 22.7 Å². The minimum Gasteiger partial charge on any atom is -0.351 e. The molecule has 0 saturated heterocycles. The number of aryl methyl sites for hydroxylation is 1. The Morgan fingerprint density at radius 2 is 1.78 bits per heavy atom. The molecule has 0 fully saturated rings. The second-order valence-corrected chi connectivity index (χ2v) is 11.0. The van der Waals surface area contributed by atoms with Crippen molar-refractivity contribution >= 4 is 38.3 Å². The molecular weight excluding hydrogens is 508 g/mol. The van der Waals surface area contributed by atoms with E-state index in [0.29, 0.717) is 11.3 Å². The topological polar surface area (TPSA) is 104 Å². The van der Waals surface area contributed by atoms with E-state index in [1.165, 1.54) is 6.07 Å². The maximum Gasteiger partial charge on any atom is 0.243 e. The predicted molar refractivity (Wildman–Crippen MR) is 145 cm³/mol. The lowest BCUT2D eigenvalue weighted by Crippen LogP contribution is -2.47. The van der Waals surface area contributed by atoms with Crippen molar-refractivity contribution in [2.45, 2.75) is 43.8 Å². The number of nitrogens with zero attached hydrogens (tertiary/aromatic N) is 2. The van der Waals surface area contributed by atoms with Gasteiger partial charge in [0.25, 0.3) is 0 Å². The summed E-state index contributed by atoms with van der Waals surface area (Å²) in [7, 11) is -4.13. The number of hydrogen-bond acceptors (Lipinski definition) is 4.